The van der Waals surface area contributed by atoms with Gasteiger partial charge < -0.3 is 10.6 Å². The first-order chi connectivity index (χ1) is 10.7. The van der Waals surface area contributed by atoms with Crippen molar-refractivity contribution in [1.82, 2.24) is 19.7 Å². The Balaban J connectivity index is 0.00000192. The van der Waals surface area contributed by atoms with Gasteiger partial charge in [0.15, 0.2) is 5.13 Å². The van der Waals surface area contributed by atoms with Crippen molar-refractivity contribution in [2.45, 2.75) is 25.8 Å². The summed E-state index contributed by atoms with van der Waals surface area (Å²) in [6, 6.07) is 0. The van der Waals surface area contributed by atoms with E-state index in [0.29, 0.717) is 17.6 Å². The van der Waals surface area contributed by atoms with Gasteiger partial charge in [0.2, 0.25) is 5.91 Å². The van der Waals surface area contributed by atoms with Crippen molar-refractivity contribution in [2.24, 2.45) is 0 Å². The molecule has 1 aromatic heterocycles. The third-order valence-electron chi connectivity index (χ3n) is 4.45. The van der Waals surface area contributed by atoms with Crippen LogP contribution in [-0.2, 0) is 11.3 Å². The smallest absolute Gasteiger partial charge is 0.236 e. The Morgan fingerprint density at radius 2 is 1.78 bits per heavy atom. The molecular weight excluding hydrogens is 334 g/mol. The zero-order valence-corrected chi connectivity index (χ0v) is 15.1. The number of halogens is 1. The quantitative estimate of drug-likeness (QED) is 0.877. The van der Waals surface area contributed by atoms with Crippen molar-refractivity contribution >= 4 is 34.8 Å². The van der Waals surface area contributed by atoms with Gasteiger partial charge in [0.1, 0.15) is 0 Å². The molecule has 3 heterocycles. The molecular formula is C15H26ClN5OS. The molecule has 2 saturated heterocycles. The minimum absolute atomic E-state index is 0. The lowest BCUT2D eigenvalue weighted by Crippen LogP contribution is -2.40. The molecule has 0 unspecified atom stereocenters. The van der Waals surface area contributed by atoms with Crippen LogP contribution in [0, 0.1) is 0 Å². The van der Waals surface area contributed by atoms with Crippen LogP contribution in [-0.4, -0.2) is 71.4 Å². The molecule has 130 valence electrons. The van der Waals surface area contributed by atoms with E-state index < -0.39 is 0 Å². The zero-order chi connectivity index (χ0) is 15.4. The predicted molar refractivity (Wildman–Crippen MR) is 95.9 cm³/mol. The highest BCUT2D eigenvalue weighted by atomic mass is 35.5. The van der Waals surface area contributed by atoms with E-state index in [1.165, 1.54) is 4.88 Å². The topological polar surface area (TPSA) is 65.7 Å². The lowest BCUT2D eigenvalue weighted by molar-refractivity contribution is -0.131. The second-order valence-electron chi connectivity index (χ2n) is 6.16. The van der Waals surface area contributed by atoms with E-state index in [1.807, 2.05) is 11.1 Å². The van der Waals surface area contributed by atoms with Crippen LogP contribution < -0.4 is 5.73 Å². The van der Waals surface area contributed by atoms with Crippen LogP contribution in [0.15, 0.2) is 6.20 Å². The number of nitrogens with zero attached hydrogens (tertiary/aromatic N) is 4. The number of amides is 1. The van der Waals surface area contributed by atoms with Crippen LogP contribution in [0.1, 0.15) is 24.1 Å². The maximum Gasteiger partial charge on any atom is 0.236 e. The van der Waals surface area contributed by atoms with Gasteiger partial charge in [-0.05, 0) is 32.4 Å². The number of hydrogen-bond donors (Lipinski definition) is 1. The first-order valence-electron chi connectivity index (χ1n) is 8.13. The van der Waals surface area contributed by atoms with Gasteiger partial charge in [0.05, 0.1) is 6.54 Å². The van der Waals surface area contributed by atoms with Gasteiger partial charge in [-0.25, -0.2) is 4.98 Å². The third-order valence-corrected chi connectivity index (χ3v) is 5.26. The molecule has 0 radical (unpaired) electrons. The Bertz CT molecular complexity index is 506. The van der Waals surface area contributed by atoms with E-state index in [4.69, 9.17) is 5.73 Å². The van der Waals surface area contributed by atoms with E-state index in [-0.39, 0.29) is 12.4 Å². The van der Waals surface area contributed by atoms with Crippen molar-refractivity contribution in [1.29, 1.82) is 0 Å². The Hall–Kier alpha value is -0.890. The minimum atomic E-state index is 0. The number of aromatic nitrogens is 1. The van der Waals surface area contributed by atoms with E-state index in [2.05, 4.69) is 14.8 Å². The number of likely N-dealkylation sites (tertiary alicyclic amines) is 1. The Kier molecular flexibility index (Phi) is 7.08. The predicted octanol–water partition coefficient (Wildman–Crippen LogP) is 1.28. The number of anilines is 1. The van der Waals surface area contributed by atoms with Crippen molar-refractivity contribution in [2.75, 3.05) is 51.5 Å². The van der Waals surface area contributed by atoms with Crippen molar-refractivity contribution in [3.05, 3.63) is 11.1 Å². The summed E-state index contributed by atoms with van der Waals surface area (Å²) in [5.74, 6) is 0.307. The maximum absolute atomic E-state index is 12.3. The van der Waals surface area contributed by atoms with E-state index in [1.54, 1.807) is 11.3 Å². The summed E-state index contributed by atoms with van der Waals surface area (Å²) >= 11 is 1.57. The summed E-state index contributed by atoms with van der Waals surface area (Å²) in [6.07, 6.45) is 5.32. The largest absolute Gasteiger partial charge is 0.375 e. The molecule has 2 N–H and O–H groups in total. The van der Waals surface area contributed by atoms with Crippen molar-refractivity contribution in [3.63, 3.8) is 0 Å². The number of nitrogen functional groups attached to an aromatic ring is 1. The zero-order valence-electron chi connectivity index (χ0n) is 13.4. The molecule has 8 heteroatoms. The molecule has 0 saturated carbocycles. The maximum atomic E-state index is 12.3. The lowest BCUT2D eigenvalue weighted by atomic mass is 10.3. The van der Waals surface area contributed by atoms with Crippen LogP contribution in [0.5, 0.6) is 0 Å². The standard InChI is InChI=1S/C15H25N5OS.ClH/c16-15-17-10-13(22-15)11-18-4-3-5-19(9-8-18)12-14(21)20-6-1-2-7-20;/h10H,1-9,11-12H2,(H2,16,17);1H. The summed E-state index contributed by atoms with van der Waals surface area (Å²) in [7, 11) is 0. The van der Waals surface area contributed by atoms with Gasteiger partial charge in [0.25, 0.3) is 0 Å². The molecule has 2 fully saturated rings. The molecule has 0 aromatic carbocycles. The Labute approximate surface area is 148 Å². The molecule has 1 amide bonds. The Morgan fingerprint density at radius 3 is 2.48 bits per heavy atom. The van der Waals surface area contributed by atoms with E-state index in [9.17, 15) is 4.79 Å². The molecule has 0 spiro atoms. The number of nitrogens with two attached hydrogens (primary N) is 1. The summed E-state index contributed by atoms with van der Waals surface area (Å²) in [5, 5.41) is 0.641. The van der Waals surface area contributed by atoms with Crippen LogP contribution >= 0.6 is 23.7 Å². The molecule has 1 aromatic rings. The van der Waals surface area contributed by atoms with Crippen LogP contribution in [0.2, 0.25) is 0 Å². The fraction of sp³-hybridized carbons (Fsp3) is 0.733. The van der Waals surface area contributed by atoms with Gasteiger partial charge in [-0.2, -0.15) is 0 Å². The van der Waals surface area contributed by atoms with E-state index in [0.717, 1.165) is 65.1 Å². The fourth-order valence-electron chi connectivity index (χ4n) is 3.21. The third kappa shape index (κ3) is 5.31. The highest BCUT2D eigenvalue weighted by Crippen LogP contribution is 2.17. The minimum Gasteiger partial charge on any atom is -0.375 e. The number of rotatable bonds is 4. The molecule has 3 rings (SSSR count). The molecule has 2 aliphatic rings. The number of carbonyl (C=O) groups excluding carboxylic acids is 1. The summed E-state index contributed by atoms with van der Waals surface area (Å²) in [6.45, 7) is 7.47. The number of carbonyl (C=O) groups is 1. The van der Waals surface area contributed by atoms with Crippen LogP contribution in [0.4, 0.5) is 5.13 Å². The molecule has 0 bridgehead atoms. The van der Waals surface area contributed by atoms with Gasteiger partial charge in [-0.15, -0.1) is 23.7 Å². The first-order valence-corrected chi connectivity index (χ1v) is 8.95. The van der Waals surface area contributed by atoms with Gasteiger partial charge in [-0.3, -0.25) is 14.6 Å². The molecule has 0 aliphatic carbocycles. The normalized spacial score (nSPS) is 20.3. The summed E-state index contributed by atoms with van der Waals surface area (Å²) in [4.78, 5) is 24.3. The molecule has 2 aliphatic heterocycles. The highest BCUT2D eigenvalue weighted by molar-refractivity contribution is 7.15. The number of hydrogen-bond acceptors (Lipinski definition) is 6. The molecule has 23 heavy (non-hydrogen) atoms. The van der Waals surface area contributed by atoms with Crippen molar-refractivity contribution in [3.8, 4) is 0 Å². The van der Waals surface area contributed by atoms with Crippen LogP contribution in [0.25, 0.3) is 0 Å². The van der Waals surface area contributed by atoms with E-state index >= 15 is 0 Å². The average Bonchev–Trinajstić information content (AvgIpc) is 3.11. The van der Waals surface area contributed by atoms with Crippen LogP contribution in [0.3, 0.4) is 0 Å². The Morgan fingerprint density at radius 1 is 1.09 bits per heavy atom. The summed E-state index contributed by atoms with van der Waals surface area (Å²) in [5.41, 5.74) is 5.69. The van der Waals surface area contributed by atoms with Gasteiger partial charge in [0, 0.05) is 43.8 Å². The number of thiazole rings is 1. The average molecular weight is 360 g/mol. The highest BCUT2D eigenvalue weighted by Gasteiger charge is 2.22. The second-order valence-corrected chi connectivity index (χ2v) is 7.31. The SMILES string of the molecule is Cl.Nc1ncc(CN2CCCN(CC(=O)N3CCCC3)CC2)s1. The van der Waals surface area contributed by atoms with Gasteiger partial charge in [-0.1, -0.05) is 0 Å². The summed E-state index contributed by atoms with van der Waals surface area (Å²) < 4.78 is 0. The lowest BCUT2D eigenvalue weighted by Gasteiger charge is -2.23. The monoisotopic (exact) mass is 359 g/mol. The fourth-order valence-corrected chi connectivity index (χ4v) is 3.94. The molecule has 6 nitrogen and oxygen atoms in total. The first kappa shape index (κ1) is 18.4. The van der Waals surface area contributed by atoms with Gasteiger partial charge >= 0.3 is 0 Å². The molecule has 0 atom stereocenters. The second kappa shape index (κ2) is 8.82. The van der Waals surface area contributed by atoms with Crippen molar-refractivity contribution < 1.29 is 4.79 Å².